The van der Waals surface area contributed by atoms with Crippen molar-refractivity contribution in [2.45, 2.75) is 40.0 Å². The number of rotatable bonds is 9. The predicted molar refractivity (Wildman–Crippen MR) is 85.6 cm³/mol. The van der Waals surface area contributed by atoms with Crippen LogP contribution in [0.3, 0.4) is 0 Å². The third kappa shape index (κ3) is 6.29. The Morgan fingerprint density at radius 2 is 1.45 bits per heavy atom. The summed E-state index contributed by atoms with van der Waals surface area (Å²) in [6, 6.07) is 5.73. The molecule has 124 valence electrons. The van der Waals surface area contributed by atoms with Crippen molar-refractivity contribution in [1.29, 1.82) is 0 Å². The summed E-state index contributed by atoms with van der Waals surface area (Å²) in [6.07, 6.45) is 6.98. The number of hydrogen-bond donors (Lipinski definition) is 0. The summed E-state index contributed by atoms with van der Waals surface area (Å²) >= 11 is 0. The Hall–Kier alpha value is -1.19. The minimum Gasteiger partial charge on any atom is -1.00 e. The van der Waals surface area contributed by atoms with Gasteiger partial charge in [0, 0.05) is 11.6 Å². The van der Waals surface area contributed by atoms with Gasteiger partial charge >= 0.3 is 0 Å². The molecule has 0 amide bonds. The molecule has 0 saturated heterocycles. The molecule has 0 fully saturated rings. The second-order valence-corrected chi connectivity index (χ2v) is 5.58. The number of carbonyl (C=O) groups excluding carboxylic acids is 1. The molecule has 2 nitrogen and oxygen atoms in total. The molecular formula is C18H27ClFNO. The van der Waals surface area contributed by atoms with Crippen LogP contribution in [0.25, 0.3) is 0 Å². The zero-order chi connectivity index (χ0) is 15.7. The summed E-state index contributed by atoms with van der Waals surface area (Å²) in [5.41, 5.74) is 0.537. The number of allylic oxidation sites excluding steroid dienone is 1. The van der Waals surface area contributed by atoms with Gasteiger partial charge in [0.05, 0.1) is 25.8 Å². The lowest BCUT2D eigenvalue weighted by Gasteiger charge is -2.34. The van der Waals surface area contributed by atoms with Crippen molar-refractivity contribution in [3.8, 4) is 0 Å². The molecule has 0 N–H and O–H groups in total. The van der Waals surface area contributed by atoms with Crippen LogP contribution < -0.4 is 12.4 Å². The minimum atomic E-state index is -0.316. The maximum Gasteiger partial charge on any atom is 0.191 e. The predicted octanol–water partition coefficient (Wildman–Crippen LogP) is 1.57. The van der Waals surface area contributed by atoms with E-state index >= 15 is 0 Å². The van der Waals surface area contributed by atoms with Gasteiger partial charge in [0.25, 0.3) is 0 Å². The van der Waals surface area contributed by atoms with E-state index in [1.54, 1.807) is 6.08 Å². The third-order valence-corrected chi connectivity index (χ3v) is 3.68. The van der Waals surface area contributed by atoms with Gasteiger partial charge in [-0.3, -0.25) is 9.28 Å². The highest BCUT2D eigenvalue weighted by molar-refractivity contribution is 6.04. The average Bonchev–Trinajstić information content (AvgIpc) is 2.46. The van der Waals surface area contributed by atoms with Gasteiger partial charge < -0.3 is 12.4 Å². The highest BCUT2D eigenvalue weighted by atomic mass is 35.5. The first-order valence-corrected chi connectivity index (χ1v) is 7.91. The van der Waals surface area contributed by atoms with Crippen molar-refractivity contribution in [2.24, 2.45) is 0 Å². The zero-order valence-corrected chi connectivity index (χ0v) is 14.6. The van der Waals surface area contributed by atoms with Crippen molar-refractivity contribution in [3.05, 3.63) is 47.9 Å². The fourth-order valence-electron chi connectivity index (χ4n) is 2.83. The molecule has 0 aliphatic heterocycles. The van der Waals surface area contributed by atoms with E-state index in [0.29, 0.717) is 5.56 Å². The number of hydrogen-bond acceptors (Lipinski definition) is 1. The van der Waals surface area contributed by atoms with Crippen molar-refractivity contribution < 1.29 is 26.1 Å². The Balaban J connectivity index is 0.00000441. The maximum atomic E-state index is 12.9. The number of benzene rings is 1. The molecule has 1 rings (SSSR count). The van der Waals surface area contributed by atoms with E-state index in [2.05, 4.69) is 20.8 Å². The van der Waals surface area contributed by atoms with Gasteiger partial charge in [-0.25, -0.2) is 4.39 Å². The van der Waals surface area contributed by atoms with Crippen LogP contribution in [0.2, 0.25) is 0 Å². The molecule has 0 unspecified atom stereocenters. The van der Waals surface area contributed by atoms with E-state index in [9.17, 15) is 9.18 Å². The molecule has 0 radical (unpaired) electrons. The Kier molecular flexibility index (Phi) is 9.95. The minimum absolute atomic E-state index is 0. The fourth-order valence-corrected chi connectivity index (χ4v) is 2.83. The van der Waals surface area contributed by atoms with E-state index in [4.69, 9.17) is 0 Å². The van der Waals surface area contributed by atoms with Crippen LogP contribution in [0.1, 0.15) is 50.4 Å². The van der Waals surface area contributed by atoms with Crippen LogP contribution in [0.15, 0.2) is 36.5 Å². The highest BCUT2D eigenvalue weighted by Gasteiger charge is 2.22. The van der Waals surface area contributed by atoms with Gasteiger partial charge in [0.2, 0.25) is 0 Å². The van der Waals surface area contributed by atoms with Crippen LogP contribution >= 0.6 is 0 Å². The van der Waals surface area contributed by atoms with Crippen molar-refractivity contribution in [1.82, 2.24) is 0 Å². The normalized spacial score (nSPS) is 11.5. The van der Waals surface area contributed by atoms with Crippen LogP contribution in [0.4, 0.5) is 4.39 Å². The summed E-state index contributed by atoms with van der Waals surface area (Å²) < 4.78 is 13.8. The molecule has 0 aliphatic carbocycles. The van der Waals surface area contributed by atoms with Crippen molar-refractivity contribution in [3.63, 3.8) is 0 Å². The van der Waals surface area contributed by atoms with Gasteiger partial charge in [-0.2, -0.15) is 0 Å². The average molecular weight is 328 g/mol. The maximum absolute atomic E-state index is 12.9. The van der Waals surface area contributed by atoms with E-state index in [0.717, 1.165) is 43.4 Å². The summed E-state index contributed by atoms with van der Waals surface area (Å²) in [4.78, 5) is 12.2. The largest absolute Gasteiger partial charge is 1.00 e. The molecule has 0 bridgehead atoms. The Morgan fingerprint density at radius 1 is 1.00 bits per heavy atom. The first-order chi connectivity index (χ1) is 10.1. The molecule has 1 aromatic rings. The van der Waals surface area contributed by atoms with E-state index in [1.807, 2.05) is 6.20 Å². The fraction of sp³-hybridized carbons (Fsp3) is 0.500. The lowest BCUT2D eigenvalue weighted by Crippen LogP contribution is -3.00. The third-order valence-electron chi connectivity index (χ3n) is 3.68. The number of nitrogens with zero attached hydrogens (tertiary/aromatic N) is 1. The summed E-state index contributed by atoms with van der Waals surface area (Å²) in [7, 11) is 0. The standard InChI is InChI=1S/C18H27FNO.ClH/c1-4-12-20(13-5-2,14-6-3)15-11-18(21)16-7-9-17(19)10-8-16;/h7-11,15H,4-6,12-14H2,1-3H3;1H/q+1;/p-1/b15-11+;. The van der Waals surface area contributed by atoms with Gasteiger partial charge in [-0.1, -0.05) is 20.8 Å². The molecule has 0 aromatic heterocycles. The first kappa shape index (κ1) is 20.8. The van der Waals surface area contributed by atoms with Gasteiger partial charge in [0.1, 0.15) is 5.82 Å². The molecule has 0 saturated carbocycles. The number of halogens is 2. The molecular weight excluding hydrogens is 301 g/mol. The van der Waals surface area contributed by atoms with Crippen LogP contribution in [0.5, 0.6) is 0 Å². The highest BCUT2D eigenvalue weighted by Crippen LogP contribution is 2.14. The first-order valence-electron chi connectivity index (χ1n) is 7.91. The van der Waals surface area contributed by atoms with Crippen LogP contribution in [-0.2, 0) is 0 Å². The molecule has 0 aliphatic rings. The summed E-state index contributed by atoms with van der Waals surface area (Å²) in [6.45, 7) is 9.68. The Bertz CT molecular complexity index is 453. The molecule has 4 heteroatoms. The SMILES string of the molecule is CCC[N+](/C=C/C(=O)c1ccc(F)cc1)(CCC)CCC.[Cl-]. The Labute approximate surface area is 140 Å². The molecule has 1 aromatic carbocycles. The van der Waals surface area contributed by atoms with E-state index < -0.39 is 0 Å². The quantitative estimate of drug-likeness (QED) is 0.382. The lowest BCUT2D eigenvalue weighted by atomic mass is 10.1. The molecule has 0 spiro atoms. The van der Waals surface area contributed by atoms with E-state index in [1.165, 1.54) is 24.3 Å². The van der Waals surface area contributed by atoms with E-state index in [-0.39, 0.29) is 24.0 Å². The van der Waals surface area contributed by atoms with Gasteiger partial charge in [-0.15, -0.1) is 0 Å². The second-order valence-electron chi connectivity index (χ2n) is 5.58. The number of ketones is 1. The smallest absolute Gasteiger partial charge is 0.191 e. The zero-order valence-electron chi connectivity index (χ0n) is 13.8. The summed E-state index contributed by atoms with van der Waals surface area (Å²) in [5, 5.41) is 0. The number of carbonyl (C=O) groups is 1. The topological polar surface area (TPSA) is 17.1 Å². The van der Waals surface area contributed by atoms with Crippen molar-refractivity contribution in [2.75, 3.05) is 19.6 Å². The van der Waals surface area contributed by atoms with Gasteiger partial charge in [-0.05, 0) is 43.5 Å². The lowest BCUT2D eigenvalue weighted by molar-refractivity contribution is -0.879. The van der Waals surface area contributed by atoms with Crippen LogP contribution in [-0.4, -0.2) is 29.9 Å². The van der Waals surface area contributed by atoms with Gasteiger partial charge in [0.15, 0.2) is 5.78 Å². The number of quaternary nitrogens is 1. The van der Waals surface area contributed by atoms with Crippen molar-refractivity contribution >= 4 is 5.78 Å². The Morgan fingerprint density at radius 3 is 1.86 bits per heavy atom. The second kappa shape index (κ2) is 10.5. The monoisotopic (exact) mass is 327 g/mol. The molecule has 0 atom stereocenters. The van der Waals surface area contributed by atoms with Crippen LogP contribution in [0, 0.1) is 5.82 Å². The molecule has 0 heterocycles. The summed E-state index contributed by atoms with van der Waals surface area (Å²) in [5.74, 6) is -0.371. The molecule has 22 heavy (non-hydrogen) atoms.